The second-order valence-electron chi connectivity index (χ2n) is 5.17. The molecule has 0 aliphatic rings. The molecule has 21 heavy (non-hydrogen) atoms. The van der Waals surface area contributed by atoms with E-state index >= 15 is 0 Å². The standard InChI is InChI=1S/C17H28N2O2/c1-5-18-17(16(20)21-7-3,13-14-19(4)6-2)15-11-9-8-10-12-15/h8-12,18H,5-7,13-14H2,1-4H3. The van der Waals surface area contributed by atoms with Crippen LogP contribution in [0, 0.1) is 0 Å². The van der Waals surface area contributed by atoms with E-state index in [4.69, 9.17) is 4.74 Å². The van der Waals surface area contributed by atoms with Gasteiger partial charge in [0, 0.05) is 6.54 Å². The van der Waals surface area contributed by atoms with E-state index in [0.29, 0.717) is 19.6 Å². The van der Waals surface area contributed by atoms with Gasteiger partial charge >= 0.3 is 5.97 Å². The lowest BCUT2D eigenvalue weighted by Crippen LogP contribution is -2.51. The van der Waals surface area contributed by atoms with E-state index in [1.807, 2.05) is 44.2 Å². The van der Waals surface area contributed by atoms with Crippen molar-refractivity contribution in [2.24, 2.45) is 0 Å². The van der Waals surface area contributed by atoms with Crippen LogP contribution in [0.3, 0.4) is 0 Å². The molecule has 0 aromatic heterocycles. The Morgan fingerprint density at radius 1 is 1.24 bits per heavy atom. The second-order valence-corrected chi connectivity index (χ2v) is 5.17. The molecule has 0 bridgehead atoms. The maximum atomic E-state index is 12.7. The van der Waals surface area contributed by atoms with Gasteiger partial charge < -0.3 is 9.64 Å². The minimum absolute atomic E-state index is 0.192. The molecule has 0 radical (unpaired) electrons. The molecule has 1 rings (SSSR count). The van der Waals surface area contributed by atoms with E-state index in [9.17, 15) is 4.79 Å². The average molecular weight is 292 g/mol. The zero-order chi connectivity index (χ0) is 15.7. The van der Waals surface area contributed by atoms with E-state index in [1.165, 1.54) is 0 Å². The van der Waals surface area contributed by atoms with E-state index in [1.54, 1.807) is 0 Å². The average Bonchev–Trinajstić information content (AvgIpc) is 2.52. The molecule has 1 unspecified atom stereocenters. The first kappa shape index (κ1) is 17.7. The molecule has 1 aromatic rings. The fraction of sp³-hybridized carbons (Fsp3) is 0.588. The van der Waals surface area contributed by atoms with Crippen molar-refractivity contribution >= 4 is 5.97 Å². The number of hydrogen-bond acceptors (Lipinski definition) is 4. The quantitative estimate of drug-likeness (QED) is 0.710. The maximum Gasteiger partial charge on any atom is 0.331 e. The number of nitrogens with one attached hydrogen (secondary N) is 1. The van der Waals surface area contributed by atoms with Crippen LogP contribution in [0.25, 0.3) is 0 Å². The van der Waals surface area contributed by atoms with Crippen molar-refractivity contribution in [3.05, 3.63) is 35.9 Å². The Morgan fingerprint density at radius 3 is 2.43 bits per heavy atom. The fourth-order valence-electron chi connectivity index (χ4n) is 2.42. The van der Waals surface area contributed by atoms with Crippen LogP contribution in [0.15, 0.2) is 30.3 Å². The molecular weight excluding hydrogens is 264 g/mol. The van der Waals surface area contributed by atoms with Gasteiger partial charge in [0.05, 0.1) is 6.61 Å². The Kier molecular flexibility index (Phi) is 7.40. The summed E-state index contributed by atoms with van der Waals surface area (Å²) in [6.45, 7) is 8.86. The topological polar surface area (TPSA) is 41.6 Å². The molecule has 1 atom stereocenters. The van der Waals surface area contributed by atoms with Crippen LogP contribution < -0.4 is 5.32 Å². The predicted octanol–water partition coefficient (Wildman–Crippen LogP) is 2.40. The highest BCUT2D eigenvalue weighted by atomic mass is 16.5. The molecule has 0 amide bonds. The number of carbonyl (C=O) groups excluding carboxylic acids is 1. The summed E-state index contributed by atoms with van der Waals surface area (Å²) in [5.74, 6) is -0.192. The molecule has 0 aliphatic carbocycles. The Labute approximate surface area is 128 Å². The molecule has 4 nitrogen and oxygen atoms in total. The third-order valence-corrected chi connectivity index (χ3v) is 3.78. The number of likely N-dealkylation sites (N-methyl/N-ethyl adjacent to an activating group) is 1. The van der Waals surface area contributed by atoms with Gasteiger partial charge in [-0.15, -0.1) is 0 Å². The molecule has 0 saturated heterocycles. The number of rotatable bonds is 9. The van der Waals surface area contributed by atoms with Gasteiger partial charge in [0.2, 0.25) is 0 Å². The van der Waals surface area contributed by atoms with E-state index in [2.05, 4.69) is 24.2 Å². The lowest BCUT2D eigenvalue weighted by Gasteiger charge is -2.34. The Morgan fingerprint density at radius 2 is 1.90 bits per heavy atom. The fourth-order valence-corrected chi connectivity index (χ4v) is 2.42. The van der Waals surface area contributed by atoms with Crippen molar-refractivity contribution in [2.45, 2.75) is 32.7 Å². The summed E-state index contributed by atoms with van der Waals surface area (Å²) >= 11 is 0. The van der Waals surface area contributed by atoms with Crippen molar-refractivity contribution in [1.82, 2.24) is 10.2 Å². The summed E-state index contributed by atoms with van der Waals surface area (Å²) in [7, 11) is 2.06. The zero-order valence-corrected chi connectivity index (χ0v) is 13.7. The summed E-state index contributed by atoms with van der Waals surface area (Å²) in [6, 6.07) is 9.87. The SMILES string of the molecule is CCNC(CCN(C)CC)(C(=O)OCC)c1ccccc1. The molecule has 0 spiro atoms. The number of esters is 1. The van der Waals surface area contributed by atoms with E-state index in [0.717, 1.165) is 18.7 Å². The molecule has 0 fully saturated rings. The van der Waals surface area contributed by atoms with Gasteiger partial charge in [0.1, 0.15) is 5.54 Å². The number of ether oxygens (including phenoxy) is 1. The molecular formula is C17H28N2O2. The second kappa shape index (κ2) is 8.80. The minimum atomic E-state index is -0.768. The summed E-state index contributed by atoms with van der Waals surface area (Å²) in [5, 5.41) is 3.38. The third kappa shape index (κ3) is 4.55. The molecule has 0 heterocycles. The molecule has 1 N–H and O–H groups in total. The van der Waals surface area contributed by atoms with Crippen LogP contribution in [0.2, 0.25) is 0 Å². The number of hydrogen-bond donors (Lipinski definition) is 1. The first-order valence-corrected chi connectivity index (χ1v) is 7.77. The summed E-state index contributed by atoms with van der Waals surface area (Å²) in [4.78, 5) is 14.9. The summed E-state index contributed by atoms with van der Waals surface area (Å²) in [6.07, 6.45) is 0.689. The summed E-state index contributed by atoms with van der Waals surface area (Å²) < 4.78 is 5.36. The first-order chi connectivity index (χ1) is 10.1. The largest absolute Gasteiger partial charge is 0.464 e. The number of carbonyl (C=O) groups is 1. The normalized spacial score (nSPS) is 14.0. The van der Waals surface area contributed by atoms with Crippen LogP contribution in [0.4, 0.5) is 0 Å². The lowest BCUT2D eigenvalue weighted by molar-refractivity contribution is -0.152. The maximum absolute atomic E-state index is 12.7. The highest BCUT2D eigenvalue weighted by molar-refractivity contribution is 5.82. The van der Waals surface area contributed by atoms with Crippen molar-refractivity contribution in [2.75, 3.05) is 33.3 Å². The first-order valence-electron chi connectivity index (χ1n) is 7.77. The monoisotopic (exact) mass is 292 g/mol. The van der Waals surface area contributed by atoms with Gasteiger partial charge in [0.25, 0.3) is 0 Å². The molecule has 118 valence electrons. The molecule has 4 heteroatoms. The predicted molar refractivity (Wildman–Crippen MR) is 86.2 cm³/mol. The van der Waals surface area contributed by atoms with Gasteiger partial charge in [-0.1, -0.05) is 44.2 Å². The lowest BCUT2D eigenvalue weighted by atomic mass is 9.86. The van der Waals surface area contributed by atoms with E-state index in [-0.39, 0.29) is 5.97 Å². The van der Waals surface area contributed by atoms with Gasteiger partial charge in [-0.05, 0) is 39.0 Å². The highest BCUT2D eigenvalue weighted by Crippen LogP contribution is 2.27. The van der Waals surface area contributed by atoms with Gasteiger partial charge in [-0.3, -0.25) is 5.32 Å². The van der Waals surface area contributed by atoms with Crippen LogP contribution in [-0.2, 0) is 15.1 Å². The number of benzene rings is 1. The highest BCUT2D eigenvalue weighted by Gasteiger charge is 2.40. The van der Waals surface area contributed by atoms with Crippen molar-refractivity contribution in [1.29, 1.82) is 0 Å². The zero-order valence-electron chi connectivity index (χ0n) is 13.7. The van der Waals surface area contributed by atoms with Gasteiger partial charge in [-0.2, -0.15) is 0 Å². The van der Waals surface area contributed by atoms with E-state index < -0.39 is 5.54 Å². The van der Waals surface area contributed by atoms with Crippen LogP contribution >= 0.6 is 0 Å². The number of nitrogens with zero attached hydrogens (tertiary/aromatic N) is 1. The van der Waals surface area contributed by atoms with Gasteiger partial charge in [-0.25, -0.2) is 4.79 Å². The third-order valence-electron chi connectivity index (χ3n) is 3.78. The molecule has 0 saturated carbocycles. The molecule has 0 aliphatic heterocycles. The summed E-state index contributed by atoms with van der Waals surface area (Å²) in [5.41, 5.74) is 0.199. The minimum Gasteiger partial charge on any atom is -0.464 e. The van der Waals surface area contributed by atoms with Crippen LogP contribution in [0.1, 0.15) is 32.8 Å². The smallest absolute Gasteiger partial charge is 0.331 e. The van der Waals surface area contributed by atoms with Crippen molar-refractivity contribution in [3.63, 3.8) is 0 Å². The molecule has 1 aromatic carbocycles. The van der Waals surface area contributed by atoms with Crippen LogP contribution in [-0.4, -0.2) is 44.2 Å². The Hall–Kier alpha value is -1.39. The van der Waals surface area contributed by atoms with Crippen LogP contribution in [0.5, 0.6) is 0 Å². The van der Waals surface area contributed by atoms with Gasteiger partial charge in [0.15, 0.2) is 0 Å². The Bertz CT molecular complexity index is 422. The Balaban J connectivity index is 3.12. The van der Waals surface area contributed by atoms with Crippen molar-refractivity contribution < 1.29 is 9.53 Å². The van der Waals surface area contributed by atoms with Crippen molar-refractivity contribution in [3.8, 4) is 0 Å².